The van der Waals surface area contributed by atoms with Gasteiger partial charge in [0.05, 0.1) is 12.3 Å². The van der Waals surface area contributed by atoms with Crippen LogP contribution >= 0.6 is 11.3 Å². The molecule has 28 heavy (non-hydrogen) atoms. The van der Waals surface area contributed by atoms with Crippen molar-refractivity contribution in [3.63, 3.8) is 0 Å². The number of nitrogens with zero attached hydrogens (tertiary/aromatic N) is 5. The second kappa shape index (κ2) is 11.2. The SMILES string of the molecule is CCCCCCCCOc1ccc(N=Nc2nnc(-c3ccncc3)s2)cc1. The first kappa shape index (κ1) is 20.1. The predicted octanol–water partition coefficient (Wildman–Crippen LogP) is 6.75. The lowest BCUT2D eigenvalue weighted by Gasteiger charge is -2.06. The zero-order valence-electron chi connectivity index (χ0n) is 16.1. The number of hydrogen-bond acceptors (Lipinski definition) is 7. The monoisotopic (exact) mass is 395 g/mol. The molecule has 0 N–H and O–H groups in total. The molecule has 0 aliphatic rings. The number of rotatable bonds is 11. The van der Waals surface area contributed by atoms with Crippen LogP contribution in [0.1, 0.15) is 45.4 Å². The van der Waals surface area contributed by atoms with E-state index in [4.69, 9.17) is 4.74 Å². The summed E-state index contributed by atoms with van der Waals surface area (Å²) >= 11 is 1.39. The lowest BCUT2D eigenvalue weighted by atomic mass is 10.1. The molecule has 3 rings (SSSR count). The summed E-state index contributed by atoms with van der Waals surface area (Å²) in [6, 6.07) is 11.4. The first-order chi connectivity index (χ1) is 13.8. The third-order valence-corrected chi connectivity index (χ3v) is 5.05. The third-order valence-electron chi connectivity index (χ3n) is 4.20. The molecule has 2 aromatic heterocycles. The molecule has 0 spiro atoms. The topological polar surface area (TPSA) is 72.6 Å². The van der Waals surface area contributed by atoms with Crippen LogP contribution in [0.15, 0.2) is 59.0 Å². The molecule has 0 saturated carbocycles. The Hall–Kier alpha value is -2.67. The van der Waals surface area contributed by atoms with Gasteiger partial charge in [-0.05, 0) is 42.8 Å². The Labute approximate surface area is 169 Å². The van der Waals surface area contributed by atoms with Gasteiger partial charge in [-0.15, -0.1) is 20.4 Å². The van der Waals surface area contributed by atoms with E-state index >= 15 is 0 Å². The van der Waals surface area contributed by atoms with Gasteiger partial charge >= 0.3 is 0 Å². The molecule has 1 aromatic carbocycles. The van der Waals surface area contributed by atoms with Gasteiger partial charge in [-0.3, -0.25) is 4.98 Å². The van der Waals surface area contributed by atoms with E-state index in [1.54, 1.807) is 12.4 Å². The van der Waals surface area contributed by atoms with Gasteiger partial charge in [0.2, 0.25) is 0 Å². The summed E-state index contributed by atoms with van der Waals surface area (Å²) in [5, 5.41) is 17.9. The maximum atomic E-state index is 5.78. The van der Waals surface area contributed by atoms with Gasteiger partial charge in [0, 0.05) is 18.0 Å². The van der Waals surface area contributed by atoms with Gasteiger partial charge in [-0.25, -0.2) is 0 Å². The van der Waals surface area contributed by atoms with E-state index in [1.165, 1.54) is 43.4 Å². The van der Waals surface area contributed by atoms with E-state index in [-0.39, 0.29) is 0 Å². The molecular weight excluding hydrogens is 370 g/mol. The number of unbranched alkanes of at least 4 members (excludes halogenated alkanes) is 5. The van der Waals surface area contributed by atoms with Crippen LogP contribution in [0.2, 0.25) is 0 Å². The minimum absolute atomic E-state index is 0.523. The number of azo groups is 1. The molecule has 0 atom stereocenters. The van der Waals surface area contributed by atoms with Crippen molar-refractivity contribution < 1.29 is 4.74 Å². The Kier molecular flexibility index (Phi) is 8.06. The van der Waals surface area contributed by atoms with Crippen molar-refractivity contribution in [3.05, 3.63) is 48.8 Å². The number of pyridine rings is 1. The number of hydrogen-bond donors (Lipinski definition) is 0. The van der Waals surface area contributed by atoms with Crippen LogP contribution in [0.3, 0.4) is 0 Å². The quantitative estimate of drug-likeness (QED) is 0.266. The van der Waals surface area contributed by atoms with Crippen molar-refractivity contribution in [3.8, 4) is 16.3 Å². The minimum atomic E-state index is 0.523. The zero-order valence-corrected chi connectivity index (χ0v) is 16.9. The smallest absolute Gasteiger partial charge is 0.252 e. The van der Waals surface area contributed by atoms with Gasteiger partial charge in [0.15, 0.2) is 0 Å². The summed E-state index contributed by atoms with van der Waals surface area (Å²) in [4.78, 5) is 4.00. The van der Waals surface area contributed by atoms with E-state index in [0.29, 0.717) is 5.13 Å². The molecule has 3 aromatic rings. The van der Waals surface area contributed by atoms with Gasteiger partial charge in [-0.2, -0.15) is 0 Å². The Morgan fingerprint density at radius 1 is 0.857 bits per heavy atom. The van der Waals surface area contributed by atoms with Gasteiger partial charge < -0.3 is 4.74 Å². The van der Waals surface area contributed by atoms with Crippen molar-refractivity contribution in [1.29, 1.82) is 0 Å². The lowest BCUT2D eigenvalue weighted by Crippen LogP contribution is -1.96. The Morgan fingerprint density at radius 3 is 2.39 bits per heavy atom. The second-order valence-electron chi connectivity index (χ2n) is 6.44. The first-order valence-electron chi connectivity index (χ1n) is 9.73. The Bertz CT molecular complexity index is 849. The average molecular weight is 396 g/mol. The van der Waals surface area contributed by atoms with Crippen LogP contribution in [0.5, 0.6) is 5.75 Å². The van der Waals surface area contributed by atoms with Gasteiger partial charge in [-0.1, -0.05) is 50.4 Å². The summed E-state index contributed by atoms with van der Waals surface area (Å²) in [5.74, 6) is 0.864. The third kappa shape index (κ3) is 6.49. The molecule has 146 valence electrons. The summed E-state index contributed by atoms with van der Waals surface area (Å²) in [5.41, 5.74) is 1.73. The van der Waals surface area contributed by atoms with Crippen molar-refractivity contribution >= 4 is 22.2 Å². The van der Waals surface area contributed by atoms with Crippen molar-refractivity contribution in [2.75, 3.05) is 6.61 Å². The number of benzene rings is 1. The highest BCUT2D eigenvalue weighted by Crippen LogP contribution is 2.29. The Balaban J connectivity index is 1.45. The van der Waals surface area contributed by atoms with Crippen LogP contribution in [0, 0.1) is 0 Å². The predicted molar refractivity (Wildman–Crippen MR) is 113 cm³/mol. The van der Waals surface area contributed by atoms with Crippen molar-refractivity contribution in [2.45, 2.75) is 45.4 Å². The molecule has 0 bridgehead atoms. The van der Waals surface area contributed by atoms with E-state index in [2.05, 4.69) is 32.3 Å². The fourth-order valence-electron chi connectivity index (χ4n) is 2.65. The summed E-state index contributed by atoms with van der Waals surface area (Å²) in [7, 11) is 0. The molecule has 0 aliphatic carbocycles. The van der Waals surface area contributed by atoms with Gasteiger partial charge in [0.25, 0.3) is 5.13 Å². The maximum Gasteiger partial charge on any atom is 0.252 e. The highest BCUT2D eigenvalue weighted by atomic mass is 32.1. The molecule has 0 aliphatic heterocycles. The van der Waals surface area contributed by atoms with Crippen molar-refractivity contribution in [2.24, 2.45) is 10.2 Å². The average Bonchev–Trinajstić information content (AvgIpc) is 3.22. The molecule has 7 heteroatoms. The van der Waals surface area contributed by atoms with E-state index in [1.807, 2.05) is 36.4 Å². The second-order valence-corrected chi connectivity index (χ2v) is 7.39. The number of aromatic nitrogens is 3. The normalized spacial score (nSPS) is 11.2. The first-order valence-corrected chi connectivity index (χ1v) is 10.6. The maximum absolute atomic E-state index is 5.78. The van der Waals surface area contributed by atoms with Crippen LogP contribution in [-0.2, 0) is 0 Å². The molecule has 6 nitrogen and oxygen atoms in total. The molecule has 0 fully saturated rings. The molecule has 0 amide bonds. The summed E-state index contributed by atoms with van der Waals surface area (Å²) in [6.07, 6.45) is 11.0. The van der Waals surface area contributed by atoms with Crippen LogP contribution in [0.4, 0.5) is 10.8 Å². The molecule has 0 radical (unpaired) electrons. The zero-order chi connectivity index (χ0) is 19.4. The standard InChI is InChI=1S/C21H25N5OS/c1-2-3-4-5-6-7-16-27-19-10-8-18(9-11-19)23-25-21-26-24-20(28-21)17-12-14-22-15-13-17/h8-15H,2-7,16H2,1H3. The van der Waals surface area contributed by atoms with E-state index < -0.39 is 0 Å². The van der Waals surface area contributed by atoms with E-state index in [0.717, 1.165) is 35.0 Å². The van der Waals surface area contributed by atoms with Crippen molar-refractivity contribution in [1.82, 2.24) is 15.2 Å². The highest BCUT2D eigenvalue weighted by Gasteiger charge is 2.05. The molecule has 0 unspecified atom stereocenters. The molecule has 2 heterocycles. The highest BCUT2D eigenvalue weighted by molar-refractivity contribution is 7.18. The summed E-state index contributed by atoms with van der Waals surface area (Å²) in [6.45, 7) is 3.00. The molecule has 0 saturated heterocycles. The fourth-order valence-corrected chi connectivity index (χ4v) is 3.32. The van der Waals surface area contributed by atoms with E-state index in [9.17, 15) is 0 Å². The summed E-state index contributed by atoms with van der Waals surface area (Å²) < 4.78 is 5.78. The van der Waals surface area contributed by atoms with Gasteiger partial charge in [0.1, 0.15) is 10.8 Å². The molecular formula is C21H25N5OS. The van der Waals surface area contributed by atoms with Crippen LogP contribution < -0.4 is 4.74 Å². The van der Waals surface area contributed by atoms with Crippen LogP contribution in [0.25, 0.3) is 10.6 Å². The largest absolute Gasteiger partial charge is 0.494 e. The minimum Gasteiger partial charge on any atom is -0.494 e. The number of ether oxygens (including phenoxy) is 1. The Morgan fingerprint density at radius 2 is 1.61 bits per heavy atom. The fraction of sp³-hybridized carbons (Fsp3) is 0.381. The van der Waals surface area contributed by atoms with Crippen LogP contribution in [-0.4, -0.2) is 21.8 Å². The lowest BCUT2D eigenvalue weighted by molar-refractivity contribution is 0.304.